The van der Waals surface area contributed by atoms with Crippen molar-refractivity contribution in [2.24, 2.45) is 0 Å². The van der Waals surface area contributed by atoms with E-state index in [9.17, 15) is 18.0 Å². The standard InChI is InChI=1S/C12H12N6O4S/c1-17-11(19)9-3-2-8(6-10(9)12(17)20)23(21,22)15-4-5-18-14-7-13-16-18/h2-3,6-7,15H,4-5H2,1H3. The van der Waals surface area contributed by atoms with Crippen LogP contribution < -0.4 is 4.72 Å². The maximum atomic E-state index is 12.2. The number of sulfonamides is 1. The van der Waals surface area contributed by atoms with Gasteiger partial charge in [-0.3, -0.25) is 14.5 Å². The number of carbonyl (C=O) groups is 2. The van der Waals surface area contributed by atoms with Gasteiger partial charge in [-0.05, 0) is 23.4 Å². The molecule has 0 spiro atoms. The molecular formula is C12H12N6O4S. The summed E-state index contributed by atoms with van der Waals surface area (Å²) in [6.07, 6.45) is 1.24. The maximum Gasteiger partial charge on any atom is 0.261 e. The molecule has 3 rings (SSSR count). The first-order chi connectivity index (χ1) is 10.9. The molecule has 0 aliphatic carbocycles. The Bertz CT molecular complexity index is 877. The van der Waals surface area contributed by atoms with Gasteiger partial charge in [0.2, 0.25) is 10.0 Å². The van der Waals surface area contributed by atoms with Gasteiger partial charge in [-0.2, -0.15) is 4.80 Å². The van der Waals surface area contributed by atoms with Crippen molar-refractivity contribution < 1.29 is 18.0 Å². The highest BCUT2D eigenvalue weighted by Gasteiger charge is 2.33. The number of nitrogens with zero attached hydrogens (tertiary/aromatic N) is 5. The van der Waals surface area contributed by atoms with Crippen molar-refractivity contribution in [1.29, 1.82) is 0 Å². The number of aromatic nitrogens is 4. The monoisotopic (exact) mass is 336 g/mol. The second-order valence-electron chi connectivity index (χ2n) is 4.81. The minimum atomic E-state index is -3.81. The van der Waals surface area contributed by atoms with Crippen LogP contribution in [-0.4, -0.2) is 58.9 Å². The number of rotatable bonds is 5. The van der Waals surface area contributed by atoms with Crippen LogP contribution >= 0.6 is 0 Å². The van der Waals surface area contributed by atoms with Gasteiger partial charge >= 0.3 is 0 Å². The Hall–Kier alpha value is -2.66. The summed E-state index contributed by atoms with van der Waals surface area (Å²) in [5.41, 5.74) is 0.279. The number of hydrogen-bond donors (Lipinski definition) is 1. The lowest BCUT2D eigenvalue weighted by Gasteiger charge is -2.07. The predicted molar refractivity (Wildman–Crippen MR) is 75.9 cm³/mol. The largest absolute Gasteiger partial charge is 0.277 e. The number of amides is 2. The fourth-order valence-corrected chi connectivity index (χ4v) is 3.21. The summed E-state index contributed by atoms with van der Waals surface area (Å²) in [6, 6.07) is 3.83. The Kier molecular flexibility index (Phi) is 3.66. The number of tetrazole rings is 1. The average molecular weight is 336 g/mol. The molecule has 0 radical (unpaired) electrons. The van der Waals surface area contributed by atoms with E-state index in [1.165, 1.54) is 36.4 Å². The lowest BCUT2D eigenvalue weighted by atomic mass is 10.1. The van der Waals surface area contributed by atoms with Gasteiger partial charge in [-0.1, -0.05) is 0 Å². The Balaban J connectivity index is 1.79. The zero-order valence-electron chi connectivity index (χ0n) is 12.0. The van der Waals surface area contributed by atoms with Crippen molar-refractivity contribution >= 4 is 21.8 Å². The van der Waals surface area contributed by atoms with Crippen LogP contribution in [0.25, 0.3) is 0 Å². The van der Waals surface area contributed by atoms with Gasteiger partial charge in [0, 0.05) is 13.6 Å². The Morgan fingerprint density at radius 3 is 2.61 bits per heavy atom. The van der Waals surface area contributed by atoms with Crippen LogP contribution in [0.15, 0.2) is 29.4 Å². The van der Waals surface area contributed by atoms with Crippen LogP contribution in [0.5, 0.6) is 0 Å². The molecule has 2 heterocycles. The SMILES string of the molecule is CN1C(=O)c2ccc(S(=O)(=O)NCCn3ncnn3)cc2C1=O. The summed E-state index contributed by atoms with van der Waals surface area (Å²) in [4.78, 5) is 25.8. The number of imide groups is 1. The van der Waals surface area contributed by atoms with Gasteiger partial charge in [0.1, 0.15) is 0 Å². The quantitative estimate of drug-likeness (QED) is 0.685. The minimum absolute atomic E-state index is 0.0581. The van der Waals surface area contributed by atoms with Crippen LogP contribution in [0.3, 0.4) is 0 Å². The summed E-state index contributed by atoms with van der Waals surface area (Å²) < 4.78 is 26.9. The molecule has 0 bridgehead atoms. The van der Waals surface area contributed by atoms with Gasteiger partial charge in [0.25, 0.3) is 11.8 Å². The first-order valence-electron chi connectivity index (χ1n) is 6.57. The van der Waals surface area contributed by atoms with Gasteiger partial charge in [0.15, 0.2) is 6.33 Å². The zero-order chi connectivity index (χ0) is 16.6. The van der Waals surface area contributed by atoms with Crippen molar-refractivity contribution in [2.75, 3.05) is 13.6 Å². The van der Waals surface area contributed by atoms with Crippen LogP contribution in [0, 0.1) is 0 Å². The normalized spacial score (nSPS) is 14.4. The second kappa shape index (κ2) is 5.52. The molecule has 0 atom stereocenters. The maximum absolute atomic E-state index is 12.2. The van der Waals surface area contributed by atoms with E-state index >= 15 is 0 Å². The highest BCUT2D eigenvalue weighted by atomic mass is 32.2. The summed E-state index contributed by atoms with van der Waals surface area (Å²) in [7, 11) is -2.47. The number of hydrogen-bond acceptors (Lipinski definition) is 7. The van der Waals surface area contributed by atoms with E-state index in [0.29, 0.717) is 0 Å². The third-order valence-corrected chi connectivity index (χ3v) is 4.83. The summed E-state index contributed by atoms with van der Waals surface area (Å²) in [5, 5.41) is 10.9. The Labute approximate surface area is 131 Å². The van der Waals surface area contributed by atoms with E-state index in [2.05, 4.69) is 20.1 Å². The van der Waals surface area contributed by atoms with E-state index < -0.39 is 21.8 Å². The fourth-order valence-electron chi connectivity index (χ4n) is 2.16. The minimum Gasteiger partial charge on any atom is -0.277 e. The van der Waals surface area contributed by atoms with Crippen molar-refractivity contribution in [3.05, 3.63) is 35.7 Å². The summed E-state index contributed by atoms with van der Waals surface area (Å²) in [5.74, 6) is -0.965. The third-order valence-electron chi connectivity index (χ3n) is 3.37. The summed E-state index contributed by atoms with van der Waals surface area (Å²) >= 11 is 0. The van der Waals surface area contributed by atoms with E-state index in [0.717, 1.165) is 4.90 Å². The molecule has 1 aromatic heterocycles. The van der Waals surface area contributed by atoms with E-state index in [-0.39, 0.29) is 29.1 Å². The molecule has 120 valence electrons. The van der Waals surface area contributed by atoms with E-state index in [1.54, 1.807) is 0 Å². The number of carbonyl (C=O) groups excluding carboxylic acids is 2. The van der Waals surface area contributed by atoms with Crippen LogP contribution in [0.2, 0.25) is 0 Å². The molecule has 1 aromatic carbocycles. The highest BCUT2D eigenvalue weighted by Crippen LogP contribution is 2.24. The molecule has 0 saturated carbocycles. The topological polar surface area (TPSA) is 127 Å². The Morgan fingerprint density at radius 2 is 1.91 bits per heavy atom. The number of benzene rings is 1. The molecule has 2 amide bonds. The predicted octanol–water partition coefficient (Wildman–Crippen LogP) is -1.12. The smallest absolute Gasteiger partial charge is 0.261 e. The zero-order valence-corrected chi connectivity index (χ0v) is 12.8. The van der Waals surface area contributed by atoms with Gasteiger partial charge in [0.05, 0.1) is 22.6 Å². The first-order valence-corrected chi connectivity index (χ1v) is 8.05. The molecular weight excluding hydrogens is 324 g/mol. The van der Waals surface area contributed by atoms with Crippen molar-refractivity contribution in [3.63, 3.8) is 0 Å². The molecule has 0 unspecified atom stereocenters. The molecule has 0 fully saturated rings. The van der Waals surface area contributed by atoms with Gasteiger partial charge < -0.3 is 0 Å². The molecule has 1 aliphatic rings. The fraction of sp³-hybridized carbons (Fsp3) is 0.250. The molecule has 10 nitrogen and oxygen atoms in total. The Morgan fingerprint density at radius 1 is 1.17 bits per heavy atom. The van der Waals surface area contributed by atoms with Crippen molar-refractivity contribution in [1.82, 2.24) is 29.8 Å². The third kappa shape index (κ3) is 2.71. The lowest BCUT2D eigenvalue weighted by molar-refractivity contribution is 0.0693. The first kappa shape index (κ1) is 15.2. The molecule has 11 heteroatoms. The molecule has 23 heavy (non-hydrogen) atoms. The van der Waals surface area contributed by atoms with Gasteiger partial charge in [-0.25, -0.2) is 13.1 Å². The lowest BCUT2D eigenvalue weighted by Crippen LogP contribution is -2.28. The van der Waals surface area contributed by atoms with E-state index in [1.807, 2.05) is 0 Å². The number of nitrogens with one attached hydrogen (secondary N) is 1. The molecule has 2 aromatic rings. The summed E-state index contributed by atoms with van der Waals surface area (Å²) in [6.45, 7) is 0.271. The van der Waals surface area contributed by atoms with Crippen molar-refractivity contribution in [3.8, 4) is 0 Å². The molecule has 0 saturated heterocycles. The second-order valence-corrected chi connectivity index (χ2v) is 6.57. The number of fused-ring (bicyclic) bond motifs is 1. The van der Waals surface area contributed by atoms with Crippen LogP contribution in [-0.2, 0) is 16.6 Å². The molecule has 1 aliphatic heterocycles. The molecule has 1 N–H and O–H groups in total. The van der Waals surface area contributed by atoms with Gasteiger partial charge in [-0.15, -0.1) is 10.2 Å². The van der Waals surface area contributed by atoms with Crippen molar-refractivity contribution in [2.45, 2.75) is 11.4 Å². The van der Waals surface area contributed by atoms with E-state index in [4.69, 9.17) is 0 Å². The van der Waals surface area contributed by atoms with Crippen LogP contribution in [0.1, 0.15) is 20.7 Å². The average Bonchev–Trinajstić information content (AvgIpc) is 3.11. The van der Waals surface area contributed by atoms with Crippen LogP contribution in [0.4, 0.5) is 0 Å². The highest BCUT2D eigenvalue weighted by molar-refractivity contribution is 7.89.